The van der Waals surface area contributed by atoms with Crippen LogP contribution in [-0.2, 0) is 20.0 Å². The molecule has 8 rings (SSSR count). The number of nitrogens with zero attached hydrogens (tertiary/aromatic N) is 4. The molecule has 4 aromatic rings. The number of aliphatic hydroxyl groups is 1. The first-order valence-corrected chi connectivity index (χ1v) is 21.4. The van der Waals surface area contributed by atoms with E-state index in [1.54, 1.807) is 55.5 Å². The molecule has 0 spiro atoms. The van der Waals surface area contributed by atoms with Crippen molar-refractivity contribution in [3.8, 4) is 0 Å². The van der Waals surface area contributed by atoms with Gasteiger partial charge in [-0.3, -0.25) is 39.0 Å². The predicted molar refractivity (Wildman–Crippen MR) is 222 cm³/mol. The molecule has 308 valence electrons. The van der Waals surface area contributed by atoms with Crippen LogP contribution in [0.2, 0.25) is 0 Å². The number of likely N-dealkylation sites (tertiary alicyclic amines) is 1. The highest BCUT2D eigenvalue weighted by atomic mass is 32.1. The summed E-state index contributed by atoms with van der Waals surface area (Å²) in [6.45, 7) is 7.21. The highest BCUT2D eigenvalue weighted by Gasteiger charge is 2.45. The minimum Gasteiger partial charge on any atom is -0.386 e. The van der Waals surface area contributed by atoms with E-state index in [1.165, 1.54) is 0 Å². The van der Waals surface area contributed by atoms with Gasteiger partial charge in [0.15, 0.2) is 0 Å². The number of benzene rings is 2. The number of pyridine rings is 1. The average molecular weight is 820 g/mol. The molecule has 1 aliphatic carbocycles. The maximum absolute atomic E-state index is 13.7. The summed E-state index contributed by atoms with van der Waals surface area (Å²) in [4.78, 5) is 89.9. The van der Waals surface area contributed by atoms with Gasteiger partial charge < -0.3 is 20.6 Å². The molecule has 2 saturated heterocycles. The van der Waals surface area contributed by atoms with Crippen molar-refractivity contribution in [3.05, 3.63) is 81.6 Å². The Balaban J connectivity index is 0.823. The van der Waals surface area contributed by atoms with E-state index < -0.39 is 35.3 Å². The quantitative estimate of drug-likeness (QED) is 0.140. The second kappa shape index (κ2) is 16.3. The van der Waals surface area contributed by atoms with E-state index in [2.05, 4.69) is 20.9 Å². The van der Waals surface area contributed by atoms with Crippen LogP contribution in [0.3, 0.4) is 0 Å². The number of aromatic nitrogens is 2. The lowest BCUT2D eigenvalue weighted by Gasteiger charge is -2.36. The third kappa shape index (κ3) is 8.22. The highest BCUT2D eigenvalue weighted by molar-refractivity contribution is 7.18. The summed E-state index contributed by atoms with van der Waals surface area (Å²) >= 11 is 1.60. The Bertz CT molecular complexity index is 2350. The van der Waals surface area contributed by atoms with E-state index in [-0.39, 0.29) is 47.6 Å². The number of anilines is 2. The van der Waals surface area contributed by atoms with E-state index in [0.717, 1.165) is 70.8 Å². The third-order valence-electron chi connectivity index (χ3n) is 12.3. The maximum atomic E-state index is 13.7. The largest absolute Gasteiger partial charge is 0.386 e. The molecule has 1 unspecified atom stereocenters. The smallest absolute Gasteiger partial charge is 0.274 e. The lowest BCUT2D eigenvalue weighted by atomic mass is 9.81. The van der Waals surface area contributed by atoms with E-state index in [1.807, 2.05) is 30.0 Å². The normalized spacial score (nSPS) is 21.5. The van der Waals surface area contributed by atoms with Crippen molar-refractivity contribution in [2.45, 2.75) is 96.1 Å². The molecule has 4 N–H and O–H groups in total. The van der Waals surface area contributed by atoms with Gasteiger partial charge >= 0.3 is 0 Å². The standard InChI is InChI=1S/C44H49N7O7S/c1-24-6-4-9-31(46-24)38(53)47-32-23-35-33(22-29(32)44(2,3)58)48-40(59-35)26-10-12-27(13-11-26)41(55)50-20-17-25(18-21-50)16-19-45-30-8-5-7-28-37(30)43(57)51(42(28)56)34-14-15-36(52)49-39(34)54/h4-9,22-23,25-27,34,45,58H,10-21H2,1-3H3,(H,47,53)(H,49,52,54). The van der Waals surface area contributed by atoms with Gasteiger partial charge in [-0.05, 0) is 114 Å². The molecule has 4 aliphatic rings. The fourth-order valence-electron chi connectivity index (χ4n) is 8.99. The molecular formula is C44H49N7O7S. The Morgan fingerprint density at radius 3 is 2.37 bits per heavy atom. The van der Waals surface area contributed by atoms with Crippen molar-refractivity contribution in [2.24, 2.45) is 11.8 Å². The van der Waals surface area contributed by atoms with Gasteiger partial charge in [-0.25, -0.2) is 9.97 Å². The number of carbonyl (C=O) groups excluding carboxylic acids is 6. The number of amides is 6. The van der Waals surface area contributed by atoms with Gasteiger partial charge in [0.1, 0.15) is 11.7 Å². The summed E-state index contributed by atoms with van der Waals surface area (Å²) in [6.07, 6.45) is 6.11. The minimum absolute atomic E-state index is 0.0159. The first-order chi connectivity index (χ1) is 28.2. The molecular weight excluding hydrogens is 771 g/mol. The van der Waals surface area contributed by atoms with Crippen LogP contribution in [0.1, 0.15) is 125 Å². The zero-order valence-electron chi connectivity index (χ0n) is 33.5. The van der Waals surface area contributed by atoms with Gasteiger partial charge in [0, 0.05) is 60.5 Å². The monoisotopic (exact) mass is 819 g/mol. The third-order valence-corrected chi connectivity index (χ3v) is 13.4. The van der Waals surface area contributed by atoms with Crippen molar-refractivity contribution in [2.75, 3.05) is 30.3 Å². The first-order valence-electron chi connectivity index (χ1n) is 20.5. The lowest BCUT2D eigenvalue weighted by Crippen LogP contribution is -2.54. The summed E-state index contributed by atoms with van der Waals surface area (Å²) in [6, 6.07) is 13.1. The first kappa shape index (κ1) is 40.2. The van der Waals surface area contributed by atoms with Crippen molar-refractivity contribution in [3.63, 3.8) is 0 Å². The number of aryl methyl sites for hydroxylation is 1. The van der Waals surface area contributed by atoms with E-state index in [0.29, 0.717) is 48.2 Å². The Labute approximate surface area is 346 Å². The van der Waals surface area contributed by atoms with Crippen molar-refractivity contribution < 1.29 is 33.9 Å². The van der Waals surface area contributed by atoms with Gasteiger partial charge in [0.05, 0.1) is 32.0 Å². The number of hydrogen-bond donors (Lipinski definition) is 4. The lowest BCUT2D eigenvalue weighted by molar-refractivity contribution is -0.138. The second-order valence-corrected chi connectivity index (χ2v) is 17.9. The molecule has 15 heteroatoms. The van der Waals surface area contributed by atoms with Crippen LogP contribution in [0.5, 0.6) is 0 Å². The van der Waals surface area contributed by atoms with Gasteiger partial charge in [0.2, 0.25) is 17.7 Å². The van der Waals surface area contributed by atoms with Crippen LogP contribution in [0.4, 0.5) is 11.4 Å². The fourth-order valence-corrected chi connectivity index (χ4v) is 10.2. The maximum Gasteiger partial charge on any atom is 0.274 e. The summed E-state index contributed by atoms with van der Waals surface area (Å²) in [5.74, 6) is -1.60. The molecule has 1 saturated carbocycles. The molecule has 2 aromatic heterocycles. The molecule has 3 aliphatic heterocycles. The van der Waals surface area contributed by atoms with Crippen molar-refractivity contribution in [1.29, 1.82) is 0 Å². The van der Waals surface area contributed by atoms with Crippen LogP contribution in [0.25, 0.3) is 10.2 Å². The van der Waals surface area contributed by atoms with E-state index in [4.69, 9.17) is 4.98 Å². The molecule has 6 amide bonds. The zero-order chi connectivity index (χ0) is 41.6. The van der Waals surface area contributed by atoms with Gasteiger partial charge in [-0.15, -0.1) is 11.3 Å². The number of hydrogen-bond acceptors (Lipinski definition) is 11. The number of thiazole rings is 1. The fraction of sp³-hybridized carbons (Fsp3) is 0.455. The molecule has 3 fully saturated rings. The Morgan fingerprint density at radius 1 is 0.915 bits per heavy atom. The van der Waals surface area contributed by atoms with Crippen LogP contribution < -0.4 is 16.0 Å². The topological polar surface area (TPSA) is 191 Å². The molecule has 5 heterocycles. The van der Waals surface area contributed by atoms with Gasteiger partial charge in [0.25, 0.3) is 17.7 Å². The SMILES string of the molecule is Cc1cccc(C(=O)Nc2cc3sc(C4CCC(C(=O)N5CCC(CCNc6cccc7c6C(=O)N(C6CCC(=O)NC6=O)C7=O)CC5)CC4)nc3cc2C(C)(C)O)n1. The molecule has 0 radical (unpaired) electrons. The van der Waals surface area contributed by atoms with Crippen LogP contribution in [0, 0.1) is 18.8 Å². The van der Waals surface area contributed by atoms with Gasteiger partial charge in [-0.1, -0.05) is 12.1 Å². The van der Waals surface area contributed by atoms with E-state index in [9.17, 15) is 33.9 Å². The summed E-state index contributed by atoms with van der Waals surface area (Å²) in [5, 5.41) is 20.6. The minimum atomic E-state index is -1.22. The summed E-state index contributed by atoms with van der Waals surface area (Å²) in [5.41, 5.74) is 2.75. The van der Waals surface area contributed by atoms with Crippen LogP contribution >= 0.6 is 11.3 Å². The molecule has 1 atom stereocenters. The highest BCUT2D eigenvalue weighted by Crippen LogP contribution is 2.42. The van der Waals surface area contributed by atoms with Crippen molar-refractivity contribution >= 4 is 68.4 Å². The average Bonchev–Trinajstić information content (AvgIpc) is 3.75. The van der Waals surface area contributed by atoms with Crippen LogP contribution in [0.15, 0.2) is 48.5 Å². The Kier molecular flexibility index (Phi) is 11.1. The number of imide groups is 2. The number of rotatable bonds is 10. The van der Waals surface area contributed by atoms with E-state index >= 15 is 0 Å². The zero-order valence-corrected chi connectivity index (χ0v) is 34.3. The molecule has 59 heavy (non-hydrogen) atoms. The molecule has 14 nitrogen and oxygen atoms in total. The number of nitrogens with one attached hydrogen (secondary N) is 3. The molecule has 0 bridgehead atoms. The number of fused-ring (bicyclic) bond motifs is 2. The van der Waals surface area contributed by atoms with Gasteiger partial charge in [-0.2, -0.15) is 0 Å². The Hall–Kier alpha value is -5.54. The Morgan fingerprint density at radius 2 is 1.66 bits per heavy atom. The number of piperidine rings is 2. The second-order valence-electron chi connectivity index (χ2n) is 16.8. The summed E-state index contributed by atoms with van der Waals surface area (Å²) < 4.78 is 0.921. The number of carbonyl (C=O) groups is 6. The van der Waals surface area contributed by atoms with Crippen molar-refractivity contribution in [1.82, 2.24) is 25.1 Å². The molecule has 2 aromatic carbocycles. The van der Waals surface area contributed by atoms with Crippen LogP contribution in [-0.4, -0.2) is 86.0 Å². The predicted octanol–water partition coefficient (Wildman–Crippen LogP) is 5.90. The summed E-state index contributed by atoms with van der Waals surface area (Å²) in [7, 11) is 0.